The maximum atomic E-state index is 11.3. The zero-order valence-corrected chi connectivity index (χ0v) is 6.78. The van der Waals surface area contributed by atoms with Gasteiger partial charge in [0.25, 0.3) is 0 Å². The van der Waals surface area contributed by atoms with Crippen molar-refractivity contribution in [3.63, 3.8) is 0 Å². The van der Waals surface area contributed by atoms with Gasteiger partial charge in [-0.15, -0.1) is 0 Å². The van der Waals surface area contributed by atoms with Gasteiger partial charge in [-0.05, 0) is 6.07 Å². The van der Waals surface area contributed by atoms with E-state index in [1.807, 2.05) is 6.07 Å². The molecule has 1 aliphatic heterocycles. The molecule has 2 rings (SSSR count). The fraction of sp³-hybridized carbons (Fsp3) is 0.222. The second-order valence-corrected chi connectivity index (χ2v) is 2.71. The van der Waals surface area contributed by atoms with E-state index in [4.69, 9.17) is 10.00 Å². The second-order valence-electron chi connectivity index (χ2n) is 2.71. The molecule has 0 fully saturated rings. The summed E-state index contributed by atoms with van der Waals surface area (Å²) in [4.78, 5) is 15.2. The number of carbonyl (C=O) groups is 1. The summed E-state index contributed by atoms with van der Waals surface area (Å²) in [5, 5.41) is 8.58. The summed E-state index contributed by atoms with van der Waals surface area (Å²) in [5.41, 5.74) is 0.808. The first-order valence-electron chi connectivity index (χ1n) is 3.87. The van der Waals surface area contributed by atoms with E-state index in [-0.39, 0.29) is 5.78 Å². The van der Waals surface area contributed by atoms with Crippen molar-refractivity contribution in [2.45, 2.75) is 6.42 Å². The standard InChI is InChI=1S/C9H6N2O2/c10-4-6-3-7-8(12)1-2-13-9(7)11-5-6/h3,5H,1-2H2. The number of carbonyl (C=O) groups excluding carboxylic acids is 1. The number of Topliss-reactive ketones (excluding diaryl/α,β-unsaturated/α-hetero) is 1. The highest BCUT2D eigenvalue weighted by atomic mass is 16.5. The fourth-order valence-corrected chi connectivity index (χ4v) is 1.20. The molecule has 0 bridgehead atoms. The fourth-order valence-electron chi connectivity index (χ4n) is 1.20. The normalized spacial score (nSPS) is 14.2. The van der Waals surface area contributed by atoms with Gasteiger partial charge in [0.15, 0.2) is 5.78 Å². The van der Waals surface area contributed by atoms with Gasteiger partial charge in [-0.3, -0.25) is 4.79 Å². The van der Waals surface area contributed by atoms with Gasteiger partial charge in [0.05, 0.1) is 17.7 Å². The van der Waals surface area contributed by atoms with Crippen LogP contribution in [0.1, 0.15) is 22.3 Å². The van der Waals surface area contributed by atoms with Crippen LogP contribution in [0.5, 0.6) is 5.88 Å². The lowest BCUT2D eigenvalue weighted by atomic mass is 10.1. The number of ether oxygens (including phenoxy) is 1. The van der Waals surface area contributed by atoms with E-state index in [9.17, 15) is 4.79 Å². The van der Waals surface area contributed by atoms with Crippen LogP contribution in [0.15, 0.2) is 12.3 Å². The highest BCUT2D eigenvalue weighted by molar-refractivity contribution is 5.99. The summed E-state index contributed by atoms with van der Waals surface area (Å²) in [7, 11) is 0. The summed E-state index contributed by atoms with van der Waals surface area (Å²) in [6.45, 7) is 0.380. The minimum atomic E-state index is -0.00847. The SMILES string of the molecule is N#Cc1cnc2c(c1)C(=O)CCO2. The van der Waals surface area contributed by atoms with Gasteiger partial charge in [-0.1, -0.05) is 0 Å². The van der Waals surface area contributed by atoms with Crippen LogP contribution in [-0.2, 0) is 0 Å². The zero-order valence-electron chi connectivity index (χ0n) is 6.78. The smallest absolute Gasteiger partial charge is 0.224 e. The Balaban J connectivity index is 2.55. The molecule has 0 amide bonds. The highest BCUT2D eigenvalue weighted by Gasteiger charge is 2.19. The average molecular weight is 174 g/mol. The minimum absolute atomic E-state index is 0.00847. The molecule has 0 aromatic carbocycles. The van der Waals surface area contributed by atoms with Crippen molar-refractivity contribution >= 4 is 5.78 Å². The van der Waals surface area contributed by atoms with E-state index in [2.05, 4.69) is 4.98 Å². The topological polar surface area (TPSA) is 63.0 Å². The Morgan fingerprint density at radius 2 is 2.46 bits per heavy atom. The Morgan fingerprint density at radius 1 is 1.62 bits per heavy atom. The predicted molar refractivity (Wildman–Crippen MR) is 43.4 cm³/mol. The molecule has 13 heavy (non-hydrogen) atoms. The molecule has 64 valence electrons. The highest BCUT2D eigenvalue weighted by Crippen LogP contribution is 2.22. The number of pyridine rings is 1. The number of aromatic nitrogens is 1. The molecular formula is C9H6N2O2. The summed E-state index contributed by atoms with van der Waals surface area (Å²) in [6.07, 6.45) is 1.76. The molecule has 0 spiro atoms. The summed E-state index contributed by atoms with van der Waals surface area (Å²) < 4.78 is 5.15. The number of nitrogens with zero attached hydrogens (tertiary/aromatic N) is 2. The van der Waals surface area contributed by atoms with E-state index in [0.717, 1.165) is 0 Å². The van der Waals surface area contributed by atoms with Crippen molar-refractivity contribution in [1.29, 1.82) is 5.26 Å². The Labute approximate surface area is 74.8 Å². The number of fused-ring (bicyclic) bond motifs is 1. The molecule has 0 unspecified atom stereocenters. The molecule has 1 aromatic heterocycles. The Hall–Kier alpha value is -1.89. The molecule has 4 heteroatoms. The third-order valence-corrected chi connectivity index (χ3v) is 1.85. The molecule has 0 radical (unpaired) electrons. The molecular weight excluding hydrogens is 168 g/mol. The van der Waals surface area contributed by atoms with E-state index >= 15 is 0 Å². The zero-order chi connectivity index (χ0) is 9.26. The van der Waals surface area contributed by atoms with Gasteiger partial charge in [0, 0.05) is 12.6 Å². The van der Waals surface area contributed by atoms with Crippen LogP contribution < -0.4 is 4.74 Å². The van der Waals surface area contributed by atoms with Crippen LogP contribution in [0.25, 0.3) is 0 Å². The van der Waals surface area contributed by atoms with Crippen molar-refractivity contribution in [2.24, 2.45) is 0 Å². The third-order valence-electron chi connectivity index (χ3n) is 1.85. The van der Waals surface area contributed by atoms with E-state index in [1.165, 1.54) is 12.3 Å². The van der Waals surface area contributed by atoms with Gasteiger partial charge in [0.1, 0.15) is 6.07 Å². The lowest BCUT2D eigenvalue weighted by Crippen LogP contribution is -2.16. The third kappa shape index (κ3) is 1.25. The quantitative estimate of drug-likeness (QED) is 0.586. The Morgan fingerprint density at radius 3 is 3.23 bits per heavy atom. The van der Waals surface area contributed by atoms with Crippen molar-refractivity contribution in [2.75, 3.05) is 6.61 Å². The van der Waals surface area contributed by atoms with Crippen molar-refractivity contribution < 1.29 is 9.53 Å². The average Bonchev–Trinajstić information content (AvgIpc) is 2.18. The van der Waals surface area contributed by atoms with Gasteiger partial charge in [-0.25, -0.2) is 4.98 Å². The van der Waals surface area contributed by atoms with Gasteiger partial charge in [0.2, 0.25) is 5.88 Å². The van der Waals surface area contributed by atoms with Crippen LogP contribution in [0.4, 0.5) is 0 Å². The molecule has 0 aliphatic carbocycles. The summed E-state index contributed by atoms with van der Waals surface area (Å²) in [6, 6.07) is 3.45. The molecule has 1 aromatic rings. The number of rotatable bonds is 0. The minimum Gasteiger partial charge on any atom is -0.477 e. The molecule has 1 aliphatic rings. The molecule has 0 atom stereocenters. The Bertz CT molecular complexity index is 407. The van der Waals surface area contributed by atoms with Crippen LogP contribution in [-0.4, -0.2) is 17.4 Å². The molecule has 0 saturated carbocycles. The lowest BCUT2D eigenvalue weighted by molar-refractivity contribution is 0.0929. The van der Waals surface area contributed by atoms with Gasteiger partial charge in [-0.2, -0.15) is 5.26 Å². The predicted octanol–water partition coefficient (Wildman–Crippen LogP) is 0.918. The number of hydrogen-bond acceptors (Lipinski definition) is 4. The summed E-state index contributed by atoms with van der Waals surface area (Å²) >= 11 is 0. The Kier molecular flexibility index (Phi) is 1.71. The first kappa shape index (κ1) is 7.74. The van der Waals surface area contributed by atoms with Crippen LogP contribution in [0, 0.1) is 11.3 Å². The largest absolute Gasteiger partial charge is 0.477 e. The molecule has 4 nitrogen and oxygen atoms in total. The lowest BCUT2D eigenvalue weighted by Gasteiger charge is -2.14. The summed E-state index contributed by atoms with van der Waals surface area (Å²) in [5.74, 6) is 0.334. The number of ketones is 1. The van der Waals surface area contributed by atoms with Gasteiger partial charge < -0.3 is 4.74 Å². The van der Waals surface area contributed by atoms with Gasteiger partial charge >= 0.3 is 0 Å². The van der Waals surface area contributed by atoms with Crippen molar-refractivity contribution in [1.82, 2.24) is 4.98 Å². The van der Waals surface area contributed by atoms with Crippen molar-refractivity contribution in [3.8, 4) is 11.9 Å². The van der Waals surface area contributed by atoms with Crippen LogP contribution in [0.3, 0.4) is 0 Å². The van der Waals surface area contributed by atoms with E-state index in [0.29, 0.717) is 30.0 Å². The number of nitriles is 1. The molecule has 0 N–H and O–H groups in total. The van der Waals surface area contributed by atoms with E-state index < -0.39 is 0 Å². The van der Waals surface area contributed by atoms with Crippen LogP contribution >= 0.6 is 0 Å². The first-order chi connectivity index (χ1) is 6.31. The molecule has 2 heterocycles. The monoisotopic (exact) mass is 174 g/mol. The second kappa shape index (κ2) is 2.87. The maximum absolute atomic E-state index is 11.3. The van der Waals surface area contributed by atoms with E-state index in [1.54, 1.807) is 0 Å². The molecule has 0 saturated heterocycles. The maximum Gasteiger partial charge on any atom is 0.224 e. The first-order valence-corrected chi connectivity index (χ1v) is 3.87. The van der Waals surface area contributed by atoms with Crippen LogP contribution in [0.2, 0.25) is 0 Å². The van der Waals surface area contributed by atoms with Crippen molar-refractivity contribution in [3.05, 3.63) is 23.4 Å². The number of hydrogen-bond donors (Lipinski definition) is 0.